The van der Waals surface area contributed by atoms with Gasteiger partial charge in [0.2, 0.25) is 5.60 Å². The largest absolute Gasteiger partial charge is 0.496 e. The van der Waals surface area contributed by atoms with E-state index in [1.807, 2.05) is 0 Å². The minimum Gasteiger partial charge on any atom is -0.496 e. The summed E-state index contributed by atoms with van der Waals surface area (Å²) >= 11 is 6.50. The Kier molecular flexibility index (Phi) is 9.72. The lowest BCUT2D eigenvalue weighted by Crippen LogP contribution is -2.50. The Balaban J connectivity index is 1.77. The number of ether oxygens (including phenoxy) is 2. The number of rotatable bonds is 8. The number of pyridine rings is 1. The van der Waals surface area contributed by atoms with Gasteiger partial charge in [0.25, 0.3) is 0 Å². The maximum Gasteiger partial charge on any atom is 0.422 e. The fourth-order valence-electron chi connectivity index (χ4n) is 5.53. The maximum absolute atomic E-state index is 14.8. The van der Waals surface area contributed by atoms with Crippen LogP contribution in [-0.4, -0.2) is 62.1 Å². The smallest absolute Gasteiger partial charge is 0.422 e. The molecule has 1 aliphatic carbocycles. The number of amides is 1. The molecule has 0 saturated heterocycles. The standard InChI is InChI=1S/C32H39ClF3N3O7S/c1-28(2,3)46-27(42)39-16-30(7,38-47(44)29(4,5)6)21-15-24(37-26(33)25(21)39)31(43,32(34,35)36)10-9-22(41)18-11-17-12-19(40)14-20(17)23(13-18)45-8/h11,13,15,38,43H,9-10,12,14,16H2,1-8H3/t30-,31-,47?/m1/s1. The maximum atomic E-state index is 14.8. The van der Waals surface area contributed by atoms with Crippen LogP contribution in [0, 0.1) is 0 Å². The number of fused-ring (bicyclic) bond motifs is 2. The summed E-state index contributed by atoms with van der Waals surface area (Å²) in [5.41, 5.74) is -5.72. The first-order valence-electron chi connectivity index (χ1n) is 14.9. The fourth-order valence-corrected chi connectivity index (χ4v) is 6.71. The minimum atomic E-state index is -5.32. The second-order valence-corrected chi connectivity index (χ2v) is 16.4. The second kappa shape index (κ2) is 12.4. The number of anilines is 1. The van der Waals surface area contributed by atoms with Crippen LogP contribution in [0.5, 0.6) is 5.75 Å². The SMILES string of the molecule is COc1cc(C(=O)CC[C@@](O)(c2cc3c(c(Cl)n2)N(C(=O)OC(C)(C)C)C[C@@]3(C)NS(=O)C(C)(C)C)C(F)(F)F)cc2c1CC(=O)C2. The number of alkyl halides is 3. The van der Waals surface area contributed by atoms with Crippen LogP contribution in [0.1, 0.15) is 94.1 Å². The highest BCUT2D eigenvalue weighted by Crippen LogP contribution is 2.49. The molecule has 4 rings (SSSR count). The topological polar surface area (TPSA) is 135 Å². The molecule has 1 aliphatic heterocycles. The summed E-state index contributed by atoms with van der Waals surface area (Å²) in [6.45, 7) is 11.3. The first-order chi connectivity index (χ1) is 21.4. The van der Waals surface area contributed by atoms with E-state index in [9.17, 15) is 36.9 Å². The van der Waals surface area contributed by atoms with Gasteiger partial charge in [0.15, 0.2) is 10.9 Å². The number of halogens is 4. The van der Waals surface area contributed by atoms with E-state index in [2.05, 4.69) is 9.71 Å². The van der Waals surface area contributed by atoms with Gasteiger partial charge in [-0.25, -0.2) is 18.7 Å². The lowest BCUT2D eigenvalue weighted by molar-refractivity contribution is -0.270. The van der Waals surface area contributed by atoms with Crippen LogP contribution in [0.4, 0.5) is 23.7 Å². The van der Waals surface area contributed by atoms with Crippen LogP contribution in [0.15, 0.2) is 18.2 Å². The number of aromatic nitrogens is 1. The predicted molar refractivity (Wildman–Crippen MR) is 170 cm³/mol. The number of hydrogen-bond donors (Lipinski definition) is 2. The molecule has 1 amide bonds. The molecule has 0 bridgehead atoms. The molecule has 2 heterocycles. The van der Waals surface area contributed by atoms with Crippen molar-refractivity contribution in [3.63, 3.8) is 0 Å². The number of methoxy groups -OCH3 is 1. The van der Waals surface area contributed by atoms with Gasteiger partial charge in [-0.15, -0.1) is 0 Å². The van der Waals surface area contributed by atoms with Gasteiger partial charge in [-0.1, -0.05) is 11.6 Å². The number of nitrogens with one attached hydrogen (secondary N) is 1. The van der Waals surface area contributed by atoms with Gasteiger partial charge in [-0.05, 0) is 78.6 Å². The van der Waals surface area contributed by atoms with E-state index < -0.39 is 74.2 Å². The van der Waals surface area contributed by atoms with Crippen molar-refractivity contribution >= 4 is 45.9 Å². The van der Waals surface area contributed by atoms with Gasteiger partial charge < -0.3 is 14.6 Å². The molecule has 3 atom stereocenters. The van der Waals surface area contributed by atoms with E-state index in [0.717, 1.165) is 11.0 Å². The number of Topliss-reactive ketones (excluding diaryl/α,β-unsaturated/α-hetero) is 2. The molecule has 10 nitrogen and oxygen atoms in total. The average Bonchev–Trinajstić information content (AvgIpc) is 3.45. The summed E-state index contributed by atoms with van der Waals surface area (Å²) in [5, 5.41) is 10.8. The van der Waals surface area contributed by atoms with E-state index >= 15 is 0 Å². The summed E-state index contributed by atoms with van der Waals surface area (Å²) in [5.74, 6) is -0.514. The predicted octanol–water partition coefficient (Wildman–Crippen LogP) is 5.85. The zero-order chi connectivity index (χ0) is 35.5. The zero-order valence-electron chi connectivity index (χ0n) is 27.5. The van der Waals surface area contributed by atoms with Crippen molar-refractivity contribution in [2.24, 2.45) is 0 Å². The highest BCUT2D eigenvalue weighted by molar-refractivity contribution is 7.84. The number of carbonyl (C=O) groups is 3. The quantitative estimate of drug-likeness (QED) is 0.259. The van der Waals surface area contributed by atoms with Crippen LogP contribution in [0.2, 0.25) is 5.15 Å². The van der Waals surface area contributed by atoms with Crippen molar-refractivity contribution < 1.29 is 46.3 Å². The average molecular weight is 702 g/mol. The monoisotopic (exact) mass is 701 g/mol. The van der Waals surface area contributed by atoms with Gasteiger partial charge in [0, 0.05) is 36.0 Å². The molecule has 2 N–H and O–H groups in total. The summed E-state index contributed by atoms with van der Waals surface area (Å²) < 4.78 is 70.5. The third-order valence-electron chi connectivity index (χ3n) is 7.99. The molecule has 15 heteroatoms. The lowest BCUT2D eigenvalue weighted by Gasteiger charge is -2.32. The van der Waals surface area contributed by atoms with Crippen LogP contribution in [-0.2, 0) is 44.5 Å². The normalized spacial score (nSPS) is 20.0. The molecule has 0 saturated carbocycles. The number of aliphatic hydroxyl groups is 1. The van der Waals surface area contributed by atoms with Crippen molar-refractivity contribution in [3.8, 4) is 5.75 Å². The van der Waals surface area contributed by atoms with Crippen LogP contribution in [0.25, 0.3) is 0 Å². The van der Waals surface area contributed by atoms with E-state index in [1.54, 1.807) is 48.5 Å². The number of carbonyl (C=O) groups excluding carboxylic acids is 3. The van der Waals surface area contributed by atoms with Crippen molar-refractivity contribution in [2.75, 3.05) is 18.6 Å². The molecule has 1 aromatic heterocycles. The number of ketones is 2. The Bertz CT molecular complexity index is 1650. The fraction of sp³-hybridized carbons (Fsp3) is 0.562. The van der Waals surface area contributed by atoms with Crippen LogP contribution < -0.4 is 14.4 Å². The zero-order valence-corrected chi connectivity index (χ0v) is 29.1. The summed E-state index contributed by atoms with van der Waals surface area (Å²) in [6.07, 6.45) is -7.84. The highest BCUT2D eigenvalue weighted by Gasteiger charge is 2.57. The van der Waals surface area contributed by atoms with E-state index in [0.29, 0.717) is 11.1 Å². The van der Waals surface area contributed by atoms with Gasteiger partial charge in [-0.2, -0.15) is 13.2 Å². The molecule has 0 fully saturated rings. The molecular weight excluding hydrogens is 663 g/mol. The van der Waals surface area contributed by atoms with Gasteiger partial charge >= 0.3 is 12.3 Å². The Morgan fingerprint density at radius 3 is 2.32 bits per heavy atom. The first kappa shape index (κ1) is 36.8. The molecule has 1 unspecified atom stereocenters. The molecule has 1 aromatic carbocycles. The van der Waals surface area contributed by atoms with Crippen molar-refractivity contribution in [1.82, 2.24) is 9.71 Å². The van der Waals surface area contributed by atoms with Crippen LogP contribution in [0.3, 0.4) is 0 Å². The minimum absolute atomic E-state index is 0.0259. The van der Waals surface area contributed by atoms with Crippen molar-refractivity contribution in [3.05, 3.63) is 51.3 Å². The van der Waals surface area contributed by atoms with E-state index in [4.69, 9.17) is 21.1 Å². The molecule has 47 heavy (non-hydrogen) atoms. The Morgan fingerprint density at radius 2 is 1.77 bits per heavy atom. The molecule has 0 spiro atoms. The Morgan fingerprint density at radius 1 is 1.13 bits per heavy atom. The highest BCUT2D eigenvalue weighted by atomic mass is 35.5. The second-order valence-electron chi connectivity index (χ2n) is 14.1. The molecular formula is C32H39ClF3N3O7S. The van der Waals surface area contributed by atoms with Crippen molar-refractivity contribution in [1.29, 1.82) is 0 Å². The third-order valence-corrected chi connectivity index (χ3v) is 10.0. The summed E-state index contributed by atoms with van der Waals surface area (Å²) in [4.78, 5) is 43.5. The molecule has 2 aliphatic rings. The van der Waals surface area contributed by atoms with Gasteiger partial charge in [0.05, 0.1) is 46.3 Å². The van der Waals surface area contributed by atoms with Gasteiger partial charge in [0.1, 0.15) is 17.1 Å². The summed E-state index contributed by atoms with van der Waals surface area (Å²) in [7, 11) is -0.399. The lowest BCUT2D eigenvalue weighted by atomic mass is 9.87. The molecule has 0 radical (unpaired) electrons. The summed E-state index contributed by atoms with van der Waals surface area (Å²) in [6, 6.07) is 3.80. The Hall–Kier alpha value is -3.07. The number of hydrogen-bond acceptors (Lipinski definition) is 8. The number of nitrogens with zero attached hydrogens (tertiary/aromatic N) is 2. The van der Waals surface area contributed by atoms with E-state index in [1.165, 1.54) is 19.2 Å². The first-order valence-corrected chi connectivity index (χ1v) is 16.4. The Labute approximate surface area is 278 Å². The van der Waals surface area contributed by atoms with E-state index in [-0.39, 0.29) is 47.7 Å². The third kappa shape index (κ3) is 7.35. The van der Waals surface area contributed by atoms with Crippen LogP contribution >= 0.6 is 11.6 Å². The molecule has 258 valence electrons. The van der Waals surface area contributed by atoms with Gasteiger partial charge in [-0.3, -0.25) is 14.5 Å². The molecule has 2 aromatic rings. The number of benzene rings is 1. The van der Waals surface area contributed by atoms with Crippen molar-refractivity contribution in [2.45, 2.75) is 102 Å².